The molecule has 1 aliphatic carbocycles. The van der Waals surface area contributed by atoms with Gasteiger partial charge in [-0.25, -0.2) is 0 Å². The second-order valence-corrected chi connectivity index (χ2v) is 6.11. The molecule has 0 aromatic heterocycles. The third-order valence-electron chi connectivity index (χ3n) is 3.93. The Labute approximate surface area is 121 Å². The van der Waals surface area contributed by atoms with Crippen molar-refractivity contribution in [3.8, 4) is 0 Å². The topological polar surface area (TPSA) is 12.0 Å². The molecule has 0 fully saturated rings. The van der Waals surface area contributed by atoms with Gasteiger partial charge < -0.3 is 5.32 Å². The van der Waals surface area contributed by atoms with E-state index in [4.69, 9.17) is 0 Å². The summed E-state index contributed by atoms with van der Waals surface area (Å²) in [5.74, 6) is 0. The average molecular weight is 275 g/mol. The van der Waals surface area contributed by atoms with Crippen molar-refractivity contribution in [2.24, 2.45) is 0 Å². The van der Waals surface area contributed by atoms with Crippen LogP contribution in [0.4, 0.5) is 0 Å². The van der Waals surface area contributed by atoms with Crippen molar-refractivity contribution in [2.75, 3.05) is 13.3 Å². The van der Waals surface area contributed by atoms with E-state index in [0.29, 0.717) is 6.04 Å². The predicted octanol–water partition coefficient (Wildman–Crippen LogP) is 4.95. The summed E-state index contributed by atoms with van der Waals surface area (Å²) < 4.78 is 0. The second kappa shape index (κ2) is 7.76. The van der Waals surface area contributed by atoms with Crippen LogP contribution in [0.25, 0.3) is 0 Å². The number of hydrogen-bond donors (Lipinski definition) is 1. The van der Waals surface area contributed by atoms with Crippen LogP contribution in [-0.4, -0.2) is 13.3 Å². The van der Waals surface area contributed by atoms with Crippen LogP contribution in [0.5, 0.6) is 0 Å². The molecule has 0 radical (unpaired) electrons. The molecule has 1 nitrogen and oxygen atoms in total. The molecule has 1 N–H and O–H groups in total. The van der Waals surface area contributed by atoms with Crippen LogP contribution in [0.1, 0.15) is 50.1 Å². The van der Waals surface area contributed by atoms with Gasteiger partial charge in [-0.3, -0.25) is 0 Å². The van der Waals surface area contributed by atoms with Crippen LogP contribution >= 0.6 is 11.8 Å². The molecule has 0 aliphatic heterocycles. The van der Waals surface area contributed by atoms with Gasteiger partial charge in [0.1, 0.15) is 0 Å². The number of thioether (sulfide) groups is 1. The van der Waals surface area contributed by atoms with E-state index < -0.39 is 0 Å². The first-order chi connectivity index (χ1) is 9.35. The fraction of sp³-hybridized carbons (Fsp3) is 0.529. The fourth-order valence-electron chi connectivity index (χ4n) is 2.84. The Bertz CT molecular complexity index is 408. The molecule has 104 valence electrons. The first kappa shape index (κ1) is 14.7. The lowest BCUT2D eigenvalue weighted by Gasteiger charge is -2.22. The molecule has 2 heteroatoms. The van der Waals surface area contributed by atoms with E-state index in [9.17, 15) is 0 Å². The van der Waals surface area contributed by atoms with Crippen molar-refractivity contribution >= 4 is 11.8 Å². The lowest BCUT2D eigenvalue weighted by Crippen LogP contribution is -2.19. The molecule has 2 rings (SSSR count). The van der Waals surface area contributed by atoms with Gasteiger partial charge in [-0.15, -0.1) is 11.8 Å². The molecule has 19 heavy (non-hydrogen) atoms. The number of allylic oxidation sites excluding steroid dienone is 1. The number of likely N-dealkylation sites (N-methyl/N-ethyl adjacent to an activating group) is 1. The average Bonchev–Trinajstić information content (AvgIpc) is 2.42. The Morgan fingerprint density at radius 2 is 1.79 bits per heavy atom. The molecule has 1 aromatic carbocycles. The molecule has 0 heterocycles. The van der Waals surface area contributed by atoms with E-state index in [0.717, 1.165) is 0 Å². The Morgan fingerprint density at radius 1 is 1.05 bits per heavy atom. The van der Waals surface area contributed by atoms with Crippen LogP contribution in [0.3, 0.4) is 0 Å². The minimum Gasteiger partial charge on any atom is -0.310 e. The maximum atomic E-state index is 3.50. The van der Waals surface area contributed by atoms with Crippen molar-refractivity contribution < 1.29 is 0 Å². The van der Waals surface area contributed by atoms with Gasteiger partial charge in [0.15, 0.2) is 0 Å². The molecule has 1 aromatic rings. The lowest BCUT2D eigenvalue weighted by atomic mass is 9.91. The SMILES string of the molecule is CNC(/C1=C/CCCCCC1)c1ccc(SC)cc1. The zero-order chi connectivity index (χ0) is 13.5. The highest BCUT2D eigenvalue weighted by molar-refractivity contribution is 7.98. The van der Waals surface area contributed by atoms with Gasteiger partial charge in [-0.05, 0) is 56.7 Å². The number of benzene rings is 1. The maximum Gasteiger partial charge on any atom is 0.0533 e. The second-order valence-electron chi connectivity index (χ2n) is 5.23. The largest absolute Gasteiger partial charge is 0.310 e. The monoisotopic (exact) mass is 275 g/mol. The quantitative estimate of drug-likeness (QED) is 0.616. The van der Waals surface area contributed by atoms with Crippen LogP contribution in [-0.2, 0) is 0 Å². The molecule has 0 amide bonds. The van der Waals surface area contributed by atoms with Gasteiger partial charge in [0, 0.05) is 4.90 Å². The van der Waals surface area contributed by atoms with E-state index in [1.54, 1.807) is 17.3 Å². The summed E-state index contributed by atoms with van der Waals surface area (Å²) >= 11 is 1.80. The highest BCUT2D eigenvalue weighted by Crippen LogP contribution is 2.29. The van der Waals surface area contributed by atoms with Gasteiger partial charge in [0.2, 0.25) is 0 Å². The third kappa shape index (κ3) is 4.12. The summed E-state index contributed by atoms with van der Waals surface area (Å²) in [6.45, 7) is 0. The first-order valence-electron chi connectivity index (χ1n) is 7.35. The molecular weight excluding hydrogens is 250 g/mol. The van der Waals surface area contributed by atoms with Gasteiger partial charge in [-0.2, -0.15) is 0 Å². The number of hydrogen-bond acceptors (Lipinski definition) is 2. The van der Waals surface area contributed by atoms with Crippen molar-refractivity contribution in [2.45, 2.75) is 49.5 Å². The molecule has 1 atom stereocenters. The Hall–Kier alpha value is -0.730. The fourth-order valence-corrected chi connectivity index (χ4v) is 3.25. The van der Waals surface area contributed by atoms with Crippen LogP contribution in [0, 0.1) is 0 Å². The van der Waals surface area contributed by atoms with Gasteiger partial charge >= 0.3 is 0 Å². The van der Waals surface area contributed by atoms with Crippen molar-refractivity contribution in [1.82, 2.24) is 5.32 Å². The Balaban J connectivity index is 2.16. The number of nitrogens with one attached hydrogen (secondary N) is 1. The smallest absolute Gasteiger partial charge is 0.0533 e. The standard InChI is InChI=1S/C17H25NS/c1-18-17(14-8-6-4-3-5-7-9-14)15-10-12-16(19-2)13-11-15/h8,10-13,17-18H,3-7,9H2,1-2H3/b14-8+. The summed E-state index contributed by atoms with van der Waals surface area (Å²) in [5, 5.41) is 3.50. The lowest BCUT2D eigenvalue weighted by molar-refractivity contribution is 0.574. The van der Waals surface area contributed by atoms with E-state index in [1.807, 2.05) is 0 Å². The highest BCUT2D eigenvalue weighted by Gasteiger charge is 2.15. The Morgan fingerprint density at radius 3 is 2.47 bits per heavy atom. The zero-order valence-electron chi connectivity index (χ0n) is 12.1. The summed E-state index contributed by atoms with van der Waals surface area (Å²) in [6.07, 6.45) is 12.6. The van der Waals surface area contributed by atoms with E-state index >= 15 is 0 Å². The molecule has 0 spiro atoms. The van der Waals surface area contributed by atoms with E-state index in [1.165, 1.54) is 49.0 Å². The molecule has 1 aliphatic rings. The zero-order valence-corrected chi connectivity index (χ0v) is 12.9. The van der Waals surface area contributed by atoms with Gasteiger partial charge in [-0.1, -0.05) is 36.6 Å². The molecule has 0 bridgehead atoms. The molecule has 1 unspecified atom stereocenters. The highest BCUT2D eigenvalue weighted by atomic mass is 32.2. The van der Waals surface area contributed by atoms with Crippen LogP contribution in [0.2, 0.25) is 0 Å². The van der Waals surface area contributed by atoms with Crippen molar-refractivity contribution in [3.63, 3.8) is 0 Å². The summed E-state index contributed by atoms with van der Waals surface area (Å²) in [6, 6.07) is 9.40. The minimum absolute atomic E-state index is 0.397. The van der Waals surface area contributed by atoms with E-state index in [2.05, 4.69) is 49.0 Å². The predicted molar refractivity (Wildman–Crippen MR) is 85.8 cm³/mol. The van der Waals surface area contributed by atoms with Gasteiger partial charge in [0.25, 0.3) is 0 Å². The third-order valence-corrected chi connectivity index (χ3v) is 4.68. The summed E-state index contributed by atoms with van der Waals surface area (Å²) in [4.78, 5) is 1.34. The molecule has 0 saturated heterocycles. The first-order valence-corrected chi connectivity index (χ1v) is 8.57. The minimum atomic E-state index is 0.397. The summed E-state index contributed by atoms with van der Waals surface area (Å²) in [7, 11) is 2.08. The number of rotatable bonds is 4. The van der Waals surface area contributed by atoms with Crippen molar-refractivity contribution in [1.29, 1.82) is 0 Å². The van der Waals surface area contributed by atoms with E-state index in [-0.39, 0.29) is 0 Å². The maximum absolute atomic E-state index is 3.50. The van der Waals surface area contributed by atoms with Crippen LogP contribution in [0.15, 0.2) is 40.8 Å². The summed E-state index contributed by atoms with van der Waals surface area (Å²) in [5.41, 5.74) is 2.98. The van der Waals surface area contributed by atoms with Gasteiger partial charge in [0.05, 0.1) is 6.04 Å². The molecule has 0 saturated carbocycles. The normalized spacial score (nSPS) is 21.1. The van der Waals surface area contributed by atoms with Crippen LogP contribution < -0.4 is 5.32 Å². The Kier molecular flexibility index (Phi) is 5.99. The molecular formula is C17H25NS. The van der Waals surface area contributed by atoms with Crippen molar-refractivity contribution in [3.05, 3.63) is 41.5 Å².